The van der Waals surface area contributed by atoms with Crippen LogP contribution in [0.4, 0.5) is 4.39 Å². The molecule has 0 unspecified atom stereocenters. The number of hydrogen-bond acceptors (Lipinski definition) is 4. The maximum absolute atomic E-state index is 13.5. The lowest BCUT2D eigenvalue weighted by atomic mass is 10.1. The van der Waals surface area contributed by atoms with Gasteiger partial charge in [-0.1, -0.05) is 25.5 Å². The highest BCUT2D eigenvalue weighted by Gasteiger charge is 2.10. The van der Waals surface area contributed by atoms with Crippen LogP contribution < -0.4 is 4.74 Å². The van der Waals surface area contributed by atoms with E-state index in [-0.39, 0.29) is 11.3 Å². The molecule has 0 heterocycles. The number of esters is 1. The first-order chi connectivity index (χ1) is 11.6. The standard InChI is InChI=1S/C19H18FNO3/c1-2-3-10-23-13-14-4-6-15(7-5-14)19(22)24-17-9-8-16(12-21)18(20)11-17/h4-9,11H,2-3,10,13H2,1H3. The van der Waals surface area contributed by atoms with Crippen LogP contribution in [0.25, 0.3) is 0 Å². The Bertz CT molecular complexity index is 735. The fourth-order valence-corrected chi connectivity index (χ4v) is 1.99. The number of carbonyl (C=O) groups is 1. The molecule has 0 aliphatic carbocycles. The summed E-state index contributed by atoms with van der Waals surface area (Å²) in [6, 6.07) is 12.3. The molecule has 0 bridgehead atoms. The van der Waals surface area contributed by atoms with E-state index in [1.165, 1.54) is 12.1 Å². The summed E-state index contributed by atoms with van der Waals surface area (Å²) in [6.07, 6.45) is 2.10. The van der Waals surface area contributed by atoms with Crippen molar-refractivity contribution in [1.29, 1.82) is 5.26 Å². The first-order valence-electron chi connectivity index (χ1n) is 7.72. The summed E-state index contributed by atoms with van der Waals surface area (Å²) in [5.41, 5.74) is 1.23. The van der Waals surface area contributed by atoms with Gasteiger partial charge in [0, 0.05) is 12.7 Å². The van der Waals surface area contributed by atoms with Crippen molar-refractivity contribution < 1.29 is 18.7 Å². The van der Waals surface area contributed by atoms with E-state index in [4.69, 9.17) is 14.7 Å². The summed E-state index contributed by atoms with van der Waals surface area (Å²) >= 11 is 0. The van der Waals surface area contributed by atoms with Gasteiger partial charge in [0.15, 0.2) is 0 Å². The van der Waals surface area contributed by atoms with E-state index >= 15 is 0 Å². The van der Waals surface area contributed by atoms with Crippen molar-refractivity contribution in [3.05, 3.63) is 65.0 Å². The van der Waals surface area contributed by atoms with Gasteiger partial charge in [-0.2, -0.15) is 5.26 Å². The minimum Gasteiger partial charge on any atom is -0.423 e. The van der Waals surface area contributed by atoms with Gasteiger partial charge in [0.2, 0.25) is 0 Å². The smallest absolute Gasteiger partial charge is 0.343 e. The van der Waals surface area contributed by atoms with Crippen molar-refractivity contribution in [3.8, 4) is 11.8 Å². The average Bonchev–Trinajstić information content (AvgIpc) is 2.59. The van der Waals surface area contributed by atoms with Crippen molar-refractivity contribution in [2.75, 3.05) is 6.61 Å². The molecular formula is C19H18FNO3. The van der Waals surface area contributed by atoms with Crippen LogP contribution in [0.1, 0.15) is 41.3 Å². The average molecular weight is 327 g/mol. The van der Waals surface area contributed by atoms with Gasteiger partial charge < -0.3 is 9.47 Å². The minimum atomic E-state index is -0.720. The maximum atomic E-state index is 13.5. The molecule has 0 radical (unpaired) electrons. The largest absolute Gasteiger partial charge is 0.423 e. The van der Waals surface area contributed by atoms with E-state index in [2.05, 4.69) is 6.92 Å². The molecular weight excluding hydrogens is 309 g/mol. The third-order valence-corrected chi connectivity index (χ3v) is 3.37. The number of benzene rings is 2. The lowest BCUT2D eigenvalue weighted by Gasteiger charge is -2.07. The molecule has 0 N–H and O–H groups in total. The quantitative estimate of drug-likeness (QED) is 0.434. The van der Waals surface area contributed by atoms with Gasteiger partial charge in [0.05, 0.1) is 17.7 Å². The van der Waals surface area contributed by atoms with Crippen molar-refractivity contribution in [3.63, 3.8) is 0 Å². The highest BCUT2D eigenvalue weighted by Crippen LogP contribution is 2.18. The number of unbranched alkanes of at least 4 members (excludes halogenated alkanes) is 1. The molecule has 0 saturated carbocycles. The van der Waals surface area contributed by atoms with Crippen LogP contribution in [-0.2, 0) is 11.3 Å². The second kappa shape index (κ2) is 8.80. The van der Waals surface area contributed by atoms with E-state index < -0.39 is 11.8 Å². The van der Waals surface area contributed by atoms with Crippen LogP contribution in [0.3, 0.4) is 0 Å². The molecule has 0 aliphatic heterocycles. The highest BCUT2D eigenvalue weighted by atomic mass is 19.1. The number of carbonyl (C=O) groups excluding carboxylic acids is 1. The molecule has 0 amide bonds. The molecule has 0 aliphatic rings. The van der Waals surface area contributed by atoms with E-state index in [0.717, 1.165) is 24.5 Å². The van der Waals surface area contributed by atoms with Gasteiger partial charge in [0.1, 0.15) is 17.6 Å². The van der Waals surface area contributed by atoms with Crippen LogP contribution in [0.15, 0.2) is 42.5 Å². The van der Waals surface area contributed by atoms with Crippen LogP contribution in [0, 0.1) is 17.1 Å². The predicted octanol–water partition coefficient (Wildman–Crippen LogP) is 4.23. The summed E-state index contributed by atoms with van der Waals surface area (Å²) in [6.45, 7) is 3.31. The predicted molar refractivity (Wildman–Crippen MR) is 87.1 cm³/mol. The van der Waals surface area contributed by atoms with Crippen molar-refractivity contribution in [1.82, 2.24) is 0 Å². The first-order valence-corrected chi connectivity index (χ1v) is 7.72. The molecule has 2 aromatic carbocycles. The Morgan fingerprint density at radius 2 is 1.96 bits per heavy atom. The van der Waals surface area contributed by atoms with Gasteiger partial charge in [-0.05, 0) is 36.2 Å². The first kappa shape index (κ1) is 17.6. The summed E-state index contributed by atoms with van der Waals surface area (Å²) < 4.78 is 24.1. The van der Waals surface area contributed by atoms with E-state index in [0.29, 0.717) is 18.8 Å². The van der Waals surface area contributed by atoms with Crippen LogP contribution in [0.2, 0.25) is 0 Å². The Hall–Kier alpha value is -2.71. The fourth-order valence-electron chi connectivity index (χ4n) is 1.99. The second-order valence-electron chi connectivity index (χ2n) is 5.25. The Balaban J connectivity index is 1.95. The molecule has 0 spiro atoms. The lowest BCUT2D eigenvalue weighted by Crippen LogP contribution is -2.09. The van der Waals surface area contributed by atoms with Crippen molar-refractivity contribution >= 4 is 5.97 Å². The number of ether oxygens (including phenoxy) is 2. The number of halogens is 1. The van der Waals surface area contributed by atoms with E-state index in [9.17, 15) is 9.18 Å². The van der Waals surface area contributed by atoms with Crippen LogP contribution >= 0.6 is 0 Å². The fraction of sp³-hybridized carbons (Fsp3) is 0.263. The van der Waals surface area contributed by atoms with Crippen molar-refractivity contribution in [2.24, 2.45) is 0 Å². The molecule has 0 aromatic heterocycles. The Morgan fingerprint density at radius 3 is 2.58 bits per heavy atom. The molecule has 24 heavy (non-hydrogen) atoms. The second-order valence-corrected chi connectivity index (χ2v) is 5.25. The van der Waals surface area contributed by atoms with E-state index in [1.54, 1.807) is 30.3 Å². The van der Waals surface area contributed by atoms with Gasteiger partial charge in [0.25, 0.3) is 0 Å². The van der Waals surface area contributed by atoms with Gasteiger partial charge >= 0.3 is 5.97 Å². The molecule has 0 fully saturated rings. The summed E-state index contributed by atoms with van der Waals surface area (Å²) in [5.74, 6) is -1.25. The Morgan fingerprint density at radius 1 is 1.21 bits per heavy atom. The topological polar surface area (TPSA) is 59.3 Å². The Labute approximate surface area is 140 Å². The number of nitriles is 1. The maximum Gasteiger partial charge on any atom is 0.343 e. The zero-order valence-corrected chi connectivity index (χ0v) is 13.4. The number of rotatable bonds is 7. The molecule has 4 nitrogen and oxygen atoms in total. The molecule has 0 saturated heterocycles. The monoisotopic (exact) mass is 327 g/mol. The minimum absolute atomic E-state index is 0.0588. The zero-order chi connectivity index (χ0) is 17.4. The molecule has 2 aromatic rings. The number of hydrogen-bond donors (Lipinski definition) is 0. The third-order valence-electron chi connectivity index (χ3n) is 3.37. The molecule has 2 rings (SSSR count). The van der Waals surface area contributed by atoms with Gasteiger partial charge in [-0.3, -0.25) is 0 Å². The SMILES string of the molecule is CCCCOCc1ccc(C(=O)Oc2ccc(C#N)c(F)c2)cc1. The normalized spacial score (nSPS) is 10.2. The lowest BCUT2D eigenvalue weighted by molar-refractivity contribution is 0.0734. The van der Waals surface area contributed by atoms with E-state index in [1.807, 2.05) is 0 Å². The summed E-state index contributed by atoms with van der Waals surface area (Å²) in [7, 11) is 0. The zero-order valence-electron chi connectivity index (χ0n) is 13.4. The van der Waals surface area contributed by atoms with Crippen LogP contribution in [0.5, 0.6) is 5.75 Å². The van der Waals surface area contributed by atoms with Crippen molar-refractivity contribution in [2.45, 2.75) is 26.4 Å². The number of nitrogens with zero attached hydrogens (tertiary/aromatic N) is 1. The molecule has 5 heteroatoms. The van der Waals surface area contributed by atoms with Gasteiger partial charge in [-0.25, -0.2) is 9.18 Å². The third kappa shape index (κ3) is 4.90. The van der Waals surface area contributed by atoms with Gasteiger partial charge in [-0.15, -0.1) is 0 Å². The van der Waals surface area contributed by atoms with Crippen LogP contribution in [-0.4, -0.2) is 12.6 Å². The Kier molecular flexibility index (Phi) is 6.47. The molecule has 0 atom stereocenters. The summed E-state index contributed by atoms with van der Waals surface area (Å²) in [4.78, 5) is 12.0. The molecule has 124 valence electrons. The summed E-state index contributed by atoms with van der Waals surface area (Å²) in [5, 5.41) is 8.68. The highest BCUT2D eigenvalue weighted by molar-refractivity contribution is 5.91.